The van der Waals surface area contributed by atoms with E-state index in [0.717, 1.165) is 51.4 Å². The number of likely N-dealkylation sites (N-methyl/N-ethyl adjacent to an activating group) is 1. The molecule has 0 rings (SSSR count). The molecule has 0 spiro atoms. The molecule has 3 N–H and O–H groups in total. The monoisotopic (exact) mass is 786 g/mol. The quantitative estimate of drug-likeness (QED) is 0.0247. The van der Waals surface area contributed by atoms with Crippen molar-refractivity contribution in [2.45, 2.75) is 219 Å². The number of phosphoric acid groups is 1. The van der Waals surface area contributed by atoms with Gasteiger partial charge < -0.3 is 19.8 Å². The Hall–Kier alpha value is -1.02. The molecule has 0 aromatic carbocycles. The van der Waals surface area contributed by atoms with E-state index in [9.17, 15) is 19.4 Å². The molecule has 0 heterocycles. The number of aliphatic hydroxyl groups excluding tert-OH is 1. The summed E-state index contributed by atoms with van der Waals surface area (Å²) in [6, 6.07) is -0.847. The number of allylic oxidation sites excluding steroid dienone is 3. The number of phosphoric ester groups is 1. The topological polar surface area (TPSA) is 105 Å². The van der Waals surface area contributed by atoms with Crippen LogP contribution in [0.1, 0.15) is 206 Å². The molecule has 0 radical (unpaired) electrons. The summed E-state index contributed by atoms with van der Waals surface area (Å²) in [5, 5.41) is 13.8. The molecule has 8 nitrogen and oxygen atoms in total. The van der Waals surface area contributed by atoms with E-state index in [1.165, 1.54) is 135 Å². The second kappa shape index (κ2) is 37.6. The van der Waals surface area contributed by atoms with Crippen LogP contribution in [-0.2, 0) is 18.4 Å². The van der Waals surface area contributed by atoms with Crippen molar-refractivity contribution >= 4 is 13.7 Å². The van der Waals surface area contributed by atoms with Crippen LogP contribution in [0.3, 0.4) is 0 Å². The zero-order chi connectivity index (χ0) is 40.0. The van der Waals surface area contributed by atoms with Crippen molar-refractivity contribution in [3.8, 4) is 0 Å². The number of hydrogen-bond donors (Lipinski definition) is 3. The summed E-state index contributed by atoms with van der Waals surface area (Å²) in [7, 11) is 1.57. The number of hydrogen-bond acceptors (Lipinski definition) is 5. The van der Waals surface area contributed by atoms with Gasteiger partial charge in [-0.1, -0.05) is 179 Å². The average molecular weight is 786 g/mol. The number of nitrogens with one attached hydrogen (secondary N) is 1. The second-order valence-electron chi connectivity index (χ2n) is 16.8. The van der Waals surface area contributed by atoms with Crippen molar-refractivity contribution < 1.29 is 32.9 Å². The van der Waals surface area contributed by atoms with Crippen molar-refractivity contribution in [3.63, 3.8) is 0 Å². The molecule has 1 amide bonds. The number of carbonyl (C=O) groups is 1. The fraction of sp³-hybridized carbons (Fsp3) is 0.889. The van der Waals surface area contributed by atoms with Crippen LogP contribution in [-0.4, -0.2) is 73.4 Å². The molecular weight excluding hydrogens is 695 g/mol. The first-order valence-corrected chi connectivity index (χ1v) is 24.2. The van der Waals surface area contributed by atoms with Crippen LogP contribution in [0.25, 0.3) is 0 Å². The van der Waals surface area contributed by atoms with Gasteiger partial charge in [0.2, 0.25) is 5.91 Å². The van der Waals surface area contributed by atoms with Gasteiger partial charge in [-0.15, -0.1) is 0 Å². The Morgan fingerprint density at radius 3 is 1.46 bits per heavy atom. The lowest BCUT2D eigenvalue weighted by molar-refractivity contribution is -0.870. The fourth-order valence-corrected chi connectivity index (χ4v) is 7.24. The van der Waals surface area contributed by atoms with Gasteiger partial charge in [-0.3, -0.25) is 13.8 Å². The van der Waals surface area contributed by atoms with Gasteiger partial charge in [-0.05, 0) is 44.9 Å². The van der Waals surface area contributed by atoms with Crippen LogP contribution in [0.2, 0.25) is 0 Å². The third-order valence-electron chi connectivity index (χ3n) is 10.2. The summed E-state index contributed by atoms with van der Waals surface area (Å²) >= 11 is 0. The second-order valence-corrected chi connectivity index (χ2v) is 18.2. The Balaban J connectivity index is 4.37. The third-order valence-corrected chi connectivity index (χ3v) is 11.1. The molecule has 0 aliphatic heterocycles. The molecule has 3 unspecified atom stereocenters. The molecule has 0 aromatic heterocycles. The van der Waals surface area contributed by atoms with Crippen molar-refractivity contribution in [1.82, 2.24) is 5.32 Å². The summed E-state index contributed by atoms with van der Waals surface area (Å²) in [4.78, 5) is 23.1. The number of unbranched alkanes of at least 4 members (excludes halogenated alkanes) is 26. The Kier molecular flexibility index (Phi) is 36.8. The molecule has 0 aliphatic carbocycles. The molecule has 0 saturated heterocycles. The maximum absolute atomic E-state index is 12.8. The molecule has 0 aromatic rings. The van der Waals surface area contributed by atoms with E-state index in [0.29, 0.717) is 17.4 Å². The first-order chi connectivity index (χ1) is 26.0. The smallest absolute Gasteiger partial charge is 0.387 e. The Morgan fingerprint density at radius 1 is 0.611 bits per heavy atom. The SMILES string of the molecule is CCCCC/C=C\CCCCCCCC(=O)NC(COP(=O)(O)OCC[N+](C)(C)C)C(O)/C=C/CCCCCCCCCCCCCCCCCCCC. The molecule has 0 fully saturated rings. The highest BCUT2D eigenvalue weighted by atomic mass is 31.2. The molecule has 0 bridgehead atoms. The molecule has 9 heteroatoms. The van der Waals surface area contributed by atoms with E-state index in [2.05, 4.69) is 31.3 Å². The third kappa shape index (κ3) is 39.2. The van der Waals surface area contributed by atoms with E-state index < -0.39 is 20.0 Å². The molecule has 0 aliphatic rings. The van der Waals surface area contributed by atoms with Gasteiger partial charge in [0.1, 0.15) is 13.2 Å². The van der Waals surface area contributed by atoms with Gasteiger partial charge in [-0.2, -0.15) is 0 Å². The molecule has 0 saturated carbocycles. The first kappa shape index (κ1) is 53.0. The van der Waals surface area contributed by atoms with Gasteiger partial charge in [-0.25, -0.2) is 4.57 Å². The molecule has 3 atom stereocenters. The summed E-state index contributed by atoms with van der Waals surface area (Å²) in [5.41, 5.74) is 0. The first-order valence-electron chi connectivity index (χ1n) is 22.7. The van der Waals surface area contributed by atoms with Crippen molar-refractivity contribution in [2.24, 2.45) is 0 Å². The van der Waals surface area contributed by atoms with Crippen LogP contribution >= 0.6 is 7.82 Å². The maximum atomic E-state index is 12.8. The highest BCUT2D eigenvalue weighted by Gasteiger charge is 2.27. The minimum Gasteiger partial charge on any atom is -0.387 e. The molecule has 54 heavy (non-hydrogen) atoms. The standard InChI is InChI=1S/C45H89N2O6P/c1-6-8-10-12-14-16-18-20-21-22-23-24-25-26-27-28-30-32-34-36-38-44(48)43(42-53-54(50,51)52-41-40-47(3,4)5)46-45(49)39-37-35-33-31-29-19-17-15-13-11-9-7-2/h15,17,36,38,43-44,48H,6-14,16,18-35,37,39-42H2,1-5H3,(H-,46,49,50,51)/p+1/b17-15-,38-36+. The fourth-order valence-electron chi connectivity index (χ4n) is 6.51. The number of nitrogens with zero attached hydrogens (tertiary/aromatic N) is 1. The van der Waals surface area contributed by atoms with E-state index in [-0.39, 0.29) is 19.1 Å². The number of carbonyl (C=O) groups excluding carboxylic acids is 1. The van der Waals surface area contributed by atoms with Crippen molar-refractivity contribution in [3.05, 3.63) is 24.3 Å². The highest BCUT2D eigenvalue weighted by Crippen LogP contribution is 2.43. The highest BCUT2D eigenvalue weighted by molar-refractivity contribution is 7.47. The maximum Gasteiger partial charge on any atom is 0.472 e. The van der Waals surface area contributed by atoms with E-state index in [1.54, 1.807) is 6.08 Å². The zero-order valence-electron chi connectivity index (χ0n) is 36.2. The predicted molar refractivity (Wildman–Crippen MR) is 231 cm³/mol. The van der Waals surface area contributed by atoms with Gasteiger partial charge in [0.05, 0.1) is 39.9 Å². The lowest BCUT2D eigenvalue weighted by Gasteiger charge is -2.25. The Bertz CT molecular complexity index is 938. The number of amides is 1. The Labute approximate surface area is 334 Å². The lowest BCUT2D eigenvalue weighted by atomic mass is 10.0. The van der Waals surface area contributed by atoms with Crippen LogP contribution in [0, 0.1) is 0 Å². The molecule has 320 valence electrons. The van der Waals surface area contributed by atoms with Crippen LogP contribution < -0.4 is 5.32 Å². The van der Waals surface area contributed by atoms with E-state index in [4.69, 9.17) is 9.05 Å². The number of rotatable bonds is 41. The van der Waals surface area contributed by atoms with Crippen molar-refractivity contribution in [2.75, 3.05) is 40.9 Å². The molecular formula is C45H90N2O6P+. The van der Waals surface area contributed by atoms with E-state index >= 15 is 0 Å². The van der Waals surface area contributed by atoms with Gasteiger partial charge in [0, 0.05) is 6.42 Å². The number of aliphatic hydroxyl groups is 1. The summed E-state index contributed by atoms with van der Waals surface area (Å²) in [6.45, 7) is 4.79. The van der Waals surface area contributed by atoms with Crippen molar-refractivity contribution in [1.29, 1.82) is 0 Å². The predicted octanol–water partition coefficient (Wildman–Crippen LogP) is 12.5. The van der Waals surface area contributed by atoms with E-state index in [1.807, 2.05) is 27.2 Å². The average Bonchev–Trinajstić information content (AvgIpc) is 3.12. The van der Waals surface area contributed by atoms with Gasteiger partial charge in [0.25, 0.3) is 0 Å². The van der Waals surface area contributed by atoms with Gasteiger partial charge in [0.15, 0.2) is 0 Å². The Morgan fingerprint density at radius 2 is 1.00 bits per heavy atom. The number of quaternary nitrogens is 1. The van der Waals surface area contributed by atoms with Crippen LogP contribution in [0.15, 0.2) is 24.3 Å². The minimum atomic E-state index is -4.33. The van der Waals surface area contributed by atoms with Crippen LogP contribution in [0.4, 0.5) is 0 Å². The largest absolute Gasteiger partial charge is 0.472 e. The minimum absolute atomic E-state index is 0.0609. The normalized spacial score (nSPS) is 14.6. The lowest BCUT2D eigenvalue weighted by Crippen LogP contribution is -2.45. The van der Waals surface area contributed by atoms with Crippen LogP contribution in [0.5, 0.6) is 0 Å². The summed E-state index contributed by atoms with van der Waals surface area (Å²) in [6.07, 6.45) is 43.9. The zero-order valence-corrected chi connectivity index (χ0v) is 37.1. The summed E-state index contributed by atoms with van der Waals surface area (Å²) in [5.74, 6) is -0.187. The van der Waals surface area contributed by atoms with Gasteiger partial charge >= 0.3 is 7.82 Å². The summed E-state index contributed by atoms with van der Waals surface area (Å²) < 4.78 is 23.5.